The van der Waals surface area contributed by atoms with E-state index in [1.807, 2.05) is 0 Å². The van der Waals surface area contributed by atoms with E-state index < -0.39 is 0 Å². The number of rotatable bonds is 7. The third-order valence-corrected chi connectivity index (χ3v) is 3.58. The van der Waals surface area contributed by atoms with Gasteiger partial charge in [-0.25, -0.2) is 0 Å². The Morgan fingerprint density at radius 2 is 2.00 bits per heavy atom. The Labute approximate surface area is 122 Å². The van der Waals surface area contributed by atoms with Gasteiger partial charge in [-0.1, -0.05) is 30.9 Å². The molecule has 1 N–H and O–H groups in total. The van der Waals surface area contributed by atoms with Gasteiger partial charge in [0.25, 0.3) is 0 Å². The molecule has 1 aliphatic rings. The molecule has 1 fully saturated rings. The number of aliphatic hydroxyl groups is 1. The predicted molar refractivity (Wildman–Crippen MR) is 83.3 cm³/mol. The van der Waals surface area contributed by atoms with E-state index in [2.05, 4.69) is 47.9 Å². The summed E-state index contributed by atoms with van der Waals surface area (Å²) >= 11 is 0. The average Bonchev–Trinajstić information content (AvgIpc) is 3.25. The molecule has 0 heterocycles. The summed E-state index contributed by atoms with van der Waals surface area (Å²) in [4.78, 5) is 2.57. The van der Waals surface area contributed by atoms with Crippen LogP contribution in [0.5, 0.6) is 0 Å². The number of nitrogens with zero attached hydrogens (tertiary/aromatic N) is 1. The van der Waals surface area contributed by atoms with Crippen molar-refractivity contribution in [2.24, 2.45) is 5.92 Å². The third-order valence-electron chi connectivity index (χ3n) is 3.58. The minimum Gasteiger partial charge on any atom is -0.395 e. The van der Waals surface area contributed by atoms with Gasteiger partial charge in [0.15, 0.2) is 0 Å². The minimum atomic E-state index is 0.137. The molecule has 0 saturated heterocycles. The average molecular weight is 271 g/mol. The minimum absolute atomic E-state index is 0.137. The lowest BCUT2D eigenvalue weighted by molar-refractivity contribution is 0.255. The Morgan fingerprint density at radius 3 is 2.60 bits per heavy atom. The Kier molecular flexibility index (Phi) is 6.11. The standard InChI is InChI=1S/C18H25NO/c1-2-12-19(15-18-10-11-18)14-17-8-6-16(7-9-17)5-3-4-13-20/h6-9,18,20H,2,4,10-15H2,1H3. The monoisotopic (exact) mass is 271 g/mol. The fourth-order valence-corrected chi connectivity index (χ4v) is 2.39. The summed E-state index contributed by atoms with van der Waals surface area (Å²) in [5.74, 6) is 6.97. The Morgan fingerprint density at radius 1 is 1.25 bits per heavy atom. The summed E-state index contributed by atoms with van der Waals surface area (Å²) in [6, 6.07) is 8.53. The fraction of sp³-hybridized carbons (Fsp3) is 0.556. The quantitative estimate of drug-likeness (QED) is 0.771. The predicted octanol–water partition coefficient (Wildman–Crippen LogP) is 3.04. The summed E-state index contributed by atoms with van der Waals surface area (Å²) in [6.45, 7) is 5.88. The number of benzene rings is 1. The zero-order valence-electron chi connectivity index (χ0n) is 12.4. The molecule has 1 aliphatic carbocycles. The van der Waals surface area contributed by atoms with Crippen molar-refractivity contribution < 1.29 is 5.11 Å². The van der Waals surface area contributed by atoms with Crippen LogP contribution in [-0.2, 0) is 6.54 Å². The summed E-state index contributed by atoms with van der Waals surface area (Å²) in [5, 5.41) is 8.71. The second-order valence-electron chi connectivity index (χ2n) is 5.65. The van der Waals surface area contributed by atoms with Crippen LogP contribution in [0.15, 0.2) is 24.3 Å². The summed E-state index contributed by atoms with van der Waals surface area (Å²) < 4.78 is 0. The van der Waals surface area contributed by atoms with Crippen molar-refractivity contribution in [3.63, 3.8) is 0 Å². The van der Waals surface area contributed by atoms with E-state index in [-0.39, 0.29) is 6.61 Å². The van der Waals surface area contributed by atoms with Gasteiger partial charge in [-0.05, 0) is 49.4 Å². The molecule has 0 spiro atoms. The molecule has 0 amide bonds. The first-order valence-corrected chi connectivity index (χ1v) is 7.73. The van der Waals surface area contributed by atoms with Crippen LogP contribution in [0.1, 0.15) is 43.7 Å². The van der Waals surface area contributed by atoms with Crippen molar-refractivity contribution in [2.45, 2.75) is 39.2 Å². The molecule has 0 radical (unpaired) electrons. The molecular formula is C18H25NO. The van der Waals surface area contributed by atoms with Crippen LogP contribution in [0, 0.1) is 17.8 Å². The molecule has 1 aromatic rings. The van der Waals surface area contributed by atoms with Crippen LogP contribution in [0.25, 0.3) is 0 Å². The lowest BCUT2D eigenvalue weighted by atomic mass is 10.1. The topological polar surface area (TPSA) is 23.5 Å². The van der Waals surface area contributed by atoms with Gasteiger partial charge in [0.2, 0.25) is 0 Å². The van der Waals surface area contributed by atoms with Crippen LogP contribution in [0.3, 0.4) is 0 Å². The lowest BCUT2D eigenvalue weighted by Gasteiger charge is -2.21. The Hall–Kier alpha value is -1.30. The van der Waals surface area contributed by atoms with Crippen LogP contribution < -0.4 is 0 Å². The highest BCUT2D eigenvalue weighted by Gasteiger charge is 2.23. The molecule has 0 aliphatic heterocycles. The zero-order chi connectivity index (χ0) is 14.2. The molecular weight excluding hydrogens is 246 g/mol. The number of aliphatic hydroxyl groups excluding tert-OH is 1. The van der Waals surface area contributed by atoms with Crippen LogP contribution in [-0.4, -0.2) is 29.7 Å². The van der Waals surface area contributed by atoms with E-state index in [4.69, 9.17) is 5.11 Å². The second kappa shape index (κ2) is 8.09. The Balaban J connectivity index is 1.89. The zero-order valence-corrected chi connectivity index (χ0v) is 12.4. The lowest BCUT2D eigenvalue weighted by Crippen LogP contribution is -2.26. The smallest absolute Gasteiger partial charge is 0.0540 e. The summed E-state index contributed by atoms with van der Waals surface area (Å²) in [6.07, 6.45) is 4.60. The Bertz CT molecular complexity index is 451. The highest BCUT2D eigenvalue weighted by Crippen LogP contribution is 2.30. The van der Waals surface area contributed by atoms with Crippen molar-refractivity contribution >= 4 is 0 Å². The maximum atomic E-state index is 8.71. The first-order chi connectivity index (χ1) is 9.81. The SMILES string of the molecule is CCCN(Cc1ccc(C#CCCO)cc1)CC1CC1. The second-order valence-corrected chi connectivity index (χ2v) is 5.65. The van der Waals surface area contributed by atoms with E-state index in [9.17, 15) is 0 Å². The van der Waals surface area contributed by atoms with Gasteiger partial charge in [0, 0.05) is 25.1 Å². The van der Waals surface area contributed by atoms with Crippen molar-refractivity contribution in [1.82, 2.24) is 4.90 Å². The highest BCUT2D eigenvalue weighted by atomic mass is 16.2. The summed E-state index contributed by atoms with van der Waals surface area (Å²) in [5.41, 5.74) is 2.40. The molecule has 0 aromatic heterocycles. The van der Waals surface area contributed by atoms with E-state index >= 15 is 0 Å². The molecule has 108 valence electrons. The van der Waals surface area contributed by atoms with Crippen molar-refractivity contribution in [1.29, 1.82) is 0 Å². The van der Waals surface area contributed by atoms with Gasteiger partial charge in [-0.2, -0.15) is 0 Å². The van der Waals surface area contributed by atoms with Crippen molar-refractivity contribution in [3.05, 3.63) is 35.4 Å². The van der Waals surface area contributed by atoms with E-state index in [0.717, 1.165) is 18.0 Å². The van der Waals surface area contributed by atoms with Gasteiger partial charge in [-0.15, -0.1) is 0 Å². The van der Waals surface area contributed by atoms with E-state index in [1.54, 1.807) is 0 Å². The van der Waals surface area contributed by atoms with Crippen molar-refractivity contribution in [2.75, 3.05) is 19.7 Å². The van der Waals surface area contributed by atoms with Crippen LogP contribution in [0.2, 0.25) is 0 Å². The first kappa shape index (κ1) is 15.1. The van der Waals surface area contributed by atoms with Crippen LogP contribution >= 0.6 is 0 Å². The highest BCUT2D eigenvalue weighted by molar-refractivity contribution is 5.36. The molecule has 1 aromatic carbocycles. The molecule has 1 saturated carbocycles. The van der Waals surface area contributed by atoms with Gasteiger partial charge in [0.05, 0.1) is 6.61 Å². The van der Waals surface area contributed by atoms with Crippen molar-refractivity contribution in [3.8, 4) is 11.8 Å². The number of hydrogen-bond donors (Lipinski definition) is 1. The van der Waals surface area contributed by atoms with Gasteiger partial charge in [-0.3, -0.25) is 4.90 Å². The van der Waals surface area contributed by atoms with E-state index in [1.165, 1.54) is 37.9 Å². The van der Waals surface area contributed by atoms with Gasteiger partial charge >= 0.3 is 0 Å². The largest absolute Gasteiger partial charge is 0.395 e. The molecule has 2 rings (SSSR count). The maximum Gasteiger partial charge on any atom is 0.0540 e. The maximum absolute atomic E-state index is 8.71. The van der Waals surface area contributed by atoms with Gasteiger partial charge in [0.1, 0.15) is 0 Å². The molecule has 0 atom stereocenters. The molecule has 0 unspecified atom stereocenters. The fourth-order valence-electron chi connectivity index (χ4n) is 2.39. The third kappa shape index (κ3) is 5.36. The molecule has 0 bridgehead atoms. The van der Waals surface area contributed by atoms with Gasteiger partial charge < -0.3 is 5.11 Å². The molecule has 20 heavy (non-hydrogen) atoms. The van der Waals surface area contributed by atoms with E-state index in [0.29, 0.717) is 6.42 Å². The number of hydrogen-bond acceptors (Lipinski definition) is 2. The summed E-state index contributed by atoms with van der Waals surface area (Å²) in [7, 11) is 0. The normalized spacial score (nSPS) is 14.2. The van der Waals surface area contributed by atoms with Crippen LogP contribution in [0.4, 0.5) is 0 Å². The molecule has 2 heteroatoms. The molecule has 2 nitrogen and oxygen atoms in total. The first-order valence-electron chi connectivity index (χ1n) is 7.73.